The van der Waals surface area contributed by atoms with E-state index in [1.54, 1.807) is 0 Å². The van der Waals surface area contributed by atoms with Crippen LogP contribution in [0.1, 0.15) is 26.2 Å². The van der Waals surface area contributed by atoms with Crippen molar-refractivity contribution in [3.63, 3.8) is 0 Å². The summed E-state index contributed by atoms with van der Waals surface area (Å²) >= 11 is 0. The number of rotatable bonds is 3. The number of likely N-dealkylation sites (tertiary alicyclic amines) is 1. The Morgan fingerprint density at radius 2 is 2.07 bits per heavy atom. The third-order valence-electron chi connectivity index (χ3n) is 3.91. The normalized spacial score (nSPS) is 36.3. The average molecular weight is 206 g/mol. The Morgan fingerprint density at radius 3 is 2.67 bits per heavy atom. The van der Waals surface area contributed by atoms with Crippen molar-refractivity contribution in [1.82, 2.24) is 10.2 Å². The summed E-state index contributed by atoms with van der Waals surface area (Å²) in [6, 6.07) is 0.542. The van der Waals surface area contributed by atoms with Crippen LogP contribution in [0.2, 0.25) is 0 Å². The van der Waals surface area contributed by atoms with Crippen LogP contribution in [0.3, 0.4) is 0 Å². The molecule has 0 aromatic heterocycles. The summed E-state index contributed by atoms with van der Waals surface area (Å²) in [7, 11) is 2.08. The molecule has 0 bridgehead atoms. The summed E-state index contributed by atoms with van der Waals surface area (Å²) in [5, 5.41) is 3.51. The summed E-state index contributed by atoms with van der Waals surface area (Å²) in [5.41, 5.74) is 0.152. The van der Waals surface area contributed by atoms with Crippen LogP contribution < -0.4 is 5.32 Å². The van der Waals surface area contributed by atoms with Gasteiger partial charge in [0.05, 0.1) is 5.54 Å². The second-order valence-corrected chi connectivity index (χ2v) is 4.58. The van der Waals surface area contributed by atoms with Crippen molar-refractivity contribution in [1.29, 1.82) is 0 Å². The largest absolute Gasteiger partial charge is 0.309 e. The molecule has 0 saturated carbocycles. The molecule has 2 atom stereocenters. The lowest BCUT2D eigenvalue weighted by atomic mass is 9.83. The molecule has 0 radical (unpaired) electrons. The van der Waals surface area contributed by atoms with Crippen LogP contribution in [-0.4, -0.2) is 36.6 Å². The molecular weight excluding hydrogens is 184 g/mol. The van der Waals surface area contributed by atoms with Crippen LogP contribution in [0.25, 0.3) is 0 Å². The standard InChI is InChI=1S/C13H22N2/c1-3-13(14-2)9-5-4-8-12(13)15-10-6-7-11-15/h4-5,8-9,12,14H,3,6-7,10-11H2,1-2H3/t12?,13-/m0/s1. The van der Waals surface area contributed by atoms with E-state index in [4.69, 9.17) is 0 Å². The number of hydrogen-bond acceptors (Lipinski definition) is 2. The molecular formula is C13H22N2. The molecule has 15 heavy (non-hydrogen) atoms. The molecule has 2 aliphatic rings. The first-order valence-corrected chi connectivity index (χ1v) is 6.11. The van der Waals surface area contributed by atoms with Crippen LogP contribution in [0.5, 0.6) is 0 Å². The number of hydrogen-bond donors (Lipinski definition) is 1. The lowest BCUT2D eigenvalue weighted by Crippen LogP contribution is -2.57. The quantitative estimate of drug-likeness (QED) is 0.759. The monoisotopic (exact) mass is 206 g/mol. The average Bonchev–Trinajstić information content (AvgIpc) is 2.82. The van der Waals surface area contributed by atoms with Crippen LogP contribution in [-0.2, 0) is 0 Å². The summed E-state index contributed by atoms with van der Waals surface area (Å²) in [6.45, 7) is 4.78. The molecule has 1 aliphatic carbocycles. The highest BCUT2D eigenvalue weighted by Crippen LogP contribution is 2.28. The Balaban J connectivity index is 2.19. The predicted molar refractivity (Wildman–Crippen MR) is 65.0 cm³/mol. The van der Waals surface area contributed by atoms with Gasteiger partial charge in [-0.1, -0.05) is 31.2 Å². The first-order valence-electron chi connectivity index (χ1n) is 6.11. The van der Waals surface area contributed by atoms with Gasteiger partial charge >= 0.3 is 0 Å². The molecule has 1 aliphatic heterocycles. The molecule has 0 amide bonds. The van der Waals surface area contributed by atoms with E-state index >= 15 is 0 Å². The summed E-state index contributed by atoms with van der Waals surface area (Å²) < 4.78 is 0. The van der Waals surface area contributed by atoms with Gasteiger partial charge in [0.1, 0.15) is 0 Å². The number of nitrogens with zero attached hydrogens (tertiary/aromatic N) is 1. The van der Waals surface area contributed by atoms with Gasteiger partial charge in [0.2, 0.25) is 0 Å². The molecule has 0 aromatic carbocycles. The SMILES string of the molecule is CC[C@]1(NC)C=CC=CC1N1CCCC1. The molecule has 0 aromatic rings. The Bertz CT molecular complexity index is 258. The fraction of sp³-hybridized carbons (Fsp3) is 0.692. The third kappa shape index (κ3) is 1.88. The van der Waals surface area contributed by atoms with E-state index in [0.717, 1.165) is 6.42 Å². The topological polar surface area (TPSA) is 15.3 Å². The van der Waals surface area contributed by atoms with Crippen molar-refractivity contribution >= 4 is 0 Å². The molecule has 0 spiro atoms. The fourth-order valence-electron chi connectivity index (χ4n) is 2.87. The molecule has 1 fully saturated rings. The van der Waals surface area contributed by atoms with E-state index in [2.05, 4.69) is 48.5 Å². The second kappa shape index (κ2) is 4.50. The Hall–Kier alpha value is -0.600. The summed E-state index contributed by atoms with van der Waals surface area (Å²) in [5.74, 6) is 0. The first-order chi connectivity index (χ1) is 7.32. The Kier molecular flexibility index (Phi) is 3.27. The van der Waals surface area contributed by atoms with Gasteiger partial charge in [-0.3, -0.25) is 4.90 Å². The zero-order valence-electron chi connectivity index (χ0n) is 9.87. The van der Waals surface area contributed by atoms with E-state index in [1.165, 1.54) is 25.9 Å². The van der Waals surface area contributed by atoms with E-state index < -0.39 is 0 Å². The van der Waals surface area contributed by atoms with Crippen LogP contribution >= 0.6 is 0 Å². The van der Waals surface area contributed by atoms with Crippen molar-refractivity contribution in [2.45, 2.75) is 37.8 Å². The van der Waals surface area contributed by atoms with Crippen LogP contribution in [0, 0.1) is 0 Å². The van der Waals surface area contributed by atoms with Crippen LogP contribution in [0.15, 0.2) is 24.3 Å². The van der Waals surface area contributed by atoms with E-state index in [1.807, 2.05) is 0 Å². The lowest BCUT2D eigenvalue weighted by Gasteiger charge is -2.42. The molecule has 2 heteroatoms. The van der Waals surface area contributed by atoms with Gasteiger partial charge in [-0.15, -0.1) is 0 Å². The van der Waals surface area contributed by atoms with Crippen molar-refractivity contribution in [2.24, 2.45) is 0 Å². The highest BCUT2D eigenvalue weighted by atomic mass is 15.2. The number of likely N-dealkylation sites (N-methyl/N-ethyl adjacent to an activating group) is 1. The minimum absolute atomic E-state index is 0.152. The van der Waals surface area contributed by atoms with E-state index in [-0.39, 0.29) is 5.54 Å². The number of allylic oxidation sites excluding steroid dienone is 2. The smallest absolute Gasteiger partial charge is 0.0556 e. The highest BCUT2D eigenvalue weighted by Gasteiger charge is 2.37. The van der Waals surface area contributed by atoms with E-state index in [9.17, 15) is 0 Å². The van der Waals surface area contributed by atoms with Gasteiger partial charge in [-0.25, -0.2) is 0 Å². The number of nitrogens with one attached hydrogen (secondary N) is 1. The third-order valence-corrected chi connectivity index (χ3v) is 3.91. The lowest BCUT2D eigenvalue weighted by molar-refractivity contribution is 0.185. The minimum Gasteiger partial charge on any atom is -0.309 e. The van der Waals surface area contributed by atoms with Gasteiger partial charge in [-0.2, -0.15) is 0 Å². The first kappa shape index (κ1) is 10.9. The van der Waals surface area contributed by atoms with Crippen LogP contribution in [0.4, 0.5) is 0 Å². The maximum atomic E-state index is 3.51. The van der Waals surface area contributed by atoms with Crippen molar-refractivity contribution < 1.29 is 0 Å². The van der Waals surface area contributed by atoms with Gasteiger partial charge in [0.25, 0.3) is 0 Å². The predicted octanol–water partition coefficient (Wildman–Crippen LogP) is 1.94. The van der Waals surface area contributed by atoms with Crippen molar-refractivity contribution in [3.05, 3.63) is 24.3 Å². The molecule has 1 N–H and O–H groups in total. The van der Waals surface area contributed by atoms with Gasteiger partial charge in [0.15, 0.2) is 0 Å². The van der Waals surface area contributed by atoms with Crippen molar-refractivity contribution in [2.75, 3.05) is 20.1 Å². The molecule has 1 saturated heterocycles. The van der Waals surface area contributed by atoms with Gasteiger partial charge < -0.3 is 5.32 Å². The Morgan fingerprint density at radius 1 is 1.33 bits per heavy atom. The second-order valence-electron chi connectivity index (χ2n) is 4.58. The Labute approximate surface area is 93.0 Å². The zero-order valence-corrected chi connectivity index (χ0v) is 9.87. The summed E-state index contributed by atoms with van der Waals surface area (Å²) in [6.07, 6.45) is 12.9. The molecule has 1 unspecified atom stereocenters. The molecule has 2 rings (SSSR count). The minimum atomic E-state index is 0.152. The highest BCUT2D eigenvalue weighted by molar-refractivity contribution is 5.27. The zero-order chi connectivity index (χ0) is 10.7. The maximum Gasteiger partial charge on any atom is 0.0556 e. The fourth-order valence-corrected chi connectivity index (χ4v) is 2.87. The van der Waals surface area contributed by atoms with Crippen molar-refractivity contribution in [3.8, 4) is 0 Å². The molecule has 84 valence electrons. The van der Waals surface area contributed by atoms with E-state index in [0.29, 0.717) is 6.04 Å². The molecule has 1 heterocycles. The van der Waals surface area contributed by atoms with Gasteiger partial charge in [0, 0.05) is 6.04 Å². The summed E-state index contributed by atoms with van der Waals surface area (Å²) in [4.78, 5) is 2.61. The molecule has 2 nitrogen and oxygen atoms in total. The van der Waals surface area contributed by atoms with Gasteiger partial charge in [-0.05, 0) is 39.4 Å². The maximum absolute atomic E-state index is 3.51.